The molecule has 110 valence electrons. The number of rotatable bonds is 4. The molecule has 1 aromatic carbocycles. The molecule has 6 nitrogen and oxygen atoms in total. The van der Waals surface area contributed by atoms with Crippen LogP contribution >= 0.6 is 0 Å². The molecule has 2 aliphatic rings. The predicted octanol–water partition coefficient (Wildman–Crippen LogP) is 1.70. The maximum Gasteiger partial charge on any atom is 0.364 e. The van der Waals surface area contributed by atoms with Crippen molar-refractivity contribution in [2.45, 2.75) is 31.8 Å². The Balaban J connectivity index is 1.79. The van der Waals surface area contributed by atoms with Crippen LogP contribution in [0.3, 0.4) is 0 Å². The number of amides is 2. The highest BCUT2D eigenvalue weighted by atomic mass is 16.7. The molecule has 0 bridgehead atoms. The molecule has 0 N–H and O–H groups in total. The average molecular weight is 289 g/mol. The molecule has 0 radical (unpaired) electrons. The van der Waals surface area contributed by atoms with Crippen molar-refractivity contribution in [3.05, 3.63) is 35.4 Å². The van der Waals surface area contributed by atoms with Gasteiger partial charge >= 0.3 is 5.97 Å². The van der Waals surface area contributed by atoms with Crippen LogP contribution in [0.15, 0.2) is 24.3 Å². The summed E-state index contributed by atoms with van der Waals surface area (Å²) in [5, 5.41) is 0.534. The van der Waals surface area contributed by atoms with Crippen molar-refractivity contribution < 1.29 is 24.0 Å². The molecule has 0 atom stereocenters. The second-order valence-corrected chi connectivity index (χ2v) is 5.11. The van der Waals surface area contributed by atoms with Gasteiger partial charge < -0.3 is 9.57 Å². The molecule has 2 amide bonds. The van der Waals surface area contributed by atoms with Crippen LogP contribution in [0, 0.1) is 0 Å². The summed E-state index contributed by atoms with van der Waals surface area (Å²) >= 11 is 0. The molecule has 0 aromatic heterocycles. The highest BCUT2D eigenvalue weighted by Gasteiger charge is 2.50. The van der Waals surface area contributed by atoms with Crippen LogP contribution in [-0.4, -0.2) is 35.1 Å². The van der Waals surface area contributed by atoms with E-state index in [0.29, 0.717) is 24.5 Å². The van der Waals surface area contributed by atoms with Gasteiger partial charge in [0.25, 0.3) is 11.8 Å². The first kappa shape index (κ1) is 13.8. The summed E-state index contributed by atoms with van der Waals surface area (Å²) in [6.45, 7) is 2.16. The molecule has 0 spiro atoms. The Kier molecular flexibility index (Phi) is 3.25. The van der Waals surface area contributed by atoms with Crippen molar-refractivity contribution in [2.75, 3.05) is 6.61 Å². The van der Waals surface area contributed by atoms with E-state index in [1.807, 2.05) is 0 Å². The standard InChI is InChI=1S/C15H15NO5/c1-2-20-15(8-5-9-15)14(19)21-16-12(17)10-6-3-4-7-11(10)13(16)18/h3-4,6-7H,2,5,8-9H2,1H3. The minimum atomic E-state index is -1.01. The van der Waals surface area contributed by atoms with E-state index in [4.69, 9.17) is 9.57 Å². The summed E-state index contributed by atoms with van der Waals surface area (Å²) in [6, 6.07) is 6.38. The van der Waals surface area contributed by atoms with Crippen LogP contribution in [0.4, 0.5) is 0 Å². The lowest BCUT2D eigenvalue weighted by molar-refractivity contribution is -0.206. The molecule has 3 rings (SSSR count). The lowest BCUT2D eigenvalue weighted by Crippen LogP contribution is -2.51. The maximum absolute atomic E-state index is 12.2. The molecule has 0 saturated heterocycles. The topological polar surface area (TPSA) is 72.9 Å². The first-order chi connectivity index (χ1) is 10.1. The van der Waals surface area contributed by atoms with Gasteiger partial charge in [-0.15, -0.1) is 0 Å². The van der Waals surface area contributed by atoms with Crippen LogP contribution in [-0.2, 0) is 14.4 Å². The number of carbonyl (C=O) groups is 3. The molecule has 1 aromatic rings. The molecule has 1 heterocycles. The van der Waals surface area contributed by atoms with Crippen LogP contribution in [0.1, 0.15) is 46.9 Å². The number of imide groups is 1. The van der Waals surface area contributed by atoms with E-state index in [-0.39, 0.29) is 11.1 Å². The molecule has 1 aliphatic carbocycles. The molecule has 0 unspecified atom stereocenters. The lowest BCUT2D eigenvalue weighted by Gasteiger charge is -2.38. The molecular formula is C15H15NO5. The third kappa shape index (κ3) is 2.03. The molecule has 6 heteroatoms. The largest absolute Gasteiger partial charge is 0.364 e. The van der Waals surface area contributed by atoms with Crippen LogP contribution in [0.25, 0.3) is 0 Å². The summed E-state index contributed by atoms with van der Waals surface area (Å²) in [7, 11) is 0. The first-order valence-electron chi connectivity index (χ1n) is 6.93. The first-order valence-corrected chi connectivity index (χ1v) is 6.93. The Morgan fingerprint density at radius 3 is 2.19 bits per heavy atom. The Morgan fingerprint density at radius 2 is 1.76 bits per heavy atom. The van der Waals surface area contributed by atoms with Crippen molar-refractivity contribution in [3.63, 3.8) is 0 Å². The number of hydrogen-bond donors (Lipinski definition) is 0. The zero-order valence-corrected chi connectivity index (χ0v) is 11.6. The normalized spacial score (nSPS) is 19.2. The summed E-state index contributed by atoms with van der Waals surface area (Å²) < 4.78 is 5.46. The van der Waals surface area contributed by atoms with Crippen molar-refractivity contribution >= 4 is 17.8 Å². The molecule has 1 fully saturated rings. The monoisotopic (exact) mass is 289 g/mol. The van der Waals surface area contributed by atoms with Gasteiger partial charge in [0.05, 0.1) is 11.1 Å². The maximum atomic E-state index is 12.2. The molecule has 1 aliphatic heterocycles. The third-order valence-corrected chi connectivity index (χ3v) is 3.88. The number of hydroxylamine groups is 2. The van der Waals surface area contributed by atoms with Gasteiger partial charge in [-0.3, -0.25) is 9.59 Å². The zero-order valence-electron chi connectivity index (χ0n) is 11.6. The van der Waals surface area contributed by atoms with E-state index in [1.54, 1.807) is 19.1 Å². The molecule has 21 heavy (non-hydrogen) atoms. The van der Waals surface area contributed by atoms with Gasteiger partial charge in [0.2, 0.25) is 0 Å². The van der Waals surface area contributed by atoms with E-state index in [2.05, 4.69) is 0 Å². The highest BCUT2D eigenvalue weighted by Crippen LogP contribution is 2.37. The third-order valence-electron chi connectivity index (χ3n) is 3.88. The molecule has 1 saturated carbocycles. The second kappa shape index (κ2) is 4.96. The Hall–Kier alpha value is -2.21. The minimum Gasteiger partial charge on any atom is -0.363 e. The number of benzene rings is 1. The summed E-state index contributed by atoms with van der Waals surface area (Å²) in [5.41, 5.74) is -0.520. The van der Waals surface area contributed by atoms with Gasteiger partial charge in [-0.2, -0.15) is 0 Å². The van der Waals surface area contributed by atoms with Gasteiger partial charge in [0.1, 0.15) is 0 Å². The predicted molar refractivity (Wildman–Crippen MR) is 71.2 cm³/mol. The Bertz CT molecular complexity index is 585. The van der Waals surface area contributed by atoms with Gasteiger partial charge in [-0.05, 0) is 38.3 Å². The van der Waals surface area contributed by atoms with E-state index >= 15 is 0 Å². The Morgan fingerprint density at radius 1 is 1.19 bits per heavy atom. The van der Waals surface area contributed by atoms with Gasteiger partial charge in [-0.25, -0.2) is 4.79 Å². The summed E-state index contributed by atoms with van der Waals surface area (Å²) in [4.78, 5) is 41.5. The summed E-state index contributed by atoms with van der Waals surface area (Å²) in [5.74, 6) is -1.91. The summed E-state index contributed by atoms with van der Waals surface area (Å²) in [6.07, 6.45) is 1.95. The number of fused-ring (bicyclic) bond motifs is 1. The van der Waals surface area contributed by atoms with Gasteiger partial charge in [-0.1, -0.05) is 17.2 Å². The van der Waals surface area contributed by atoms with Gasteiger partial charge in [0, 0.05) is 6.61 Å². The van der Waals surface area contributed by atoms with E-state index in [9.17, 15) is 14.4 Å². The number of ether oxygens (including phenoxy) is 1. The van der Waals surface area contributed by atoms with E-state index < -0.39 is 23.4 Å². The Labute approximate surface area is 121 Å². The quantitative estimate of drug-likeness (QED) is 0.789. The van der Waals surface area contributed by atoms with Crippen LogP contribution in [0.2, 0.25) is 0 Å². The lowest BCUT2D eigenvalue weighted by atomic mass is 9.80. The minimum absolute atomic E-state index is 0.245. The number of hydrogen-bond acceptors (Lipinski definition) is 5. The van der Waals surface area contributed by atoms with Crippen LogP contribution < -0.4 is 0 Å². The van der Waals surface area contributed by atoms with E-state index in [0.717, 1.165) is 6.42 Å². The van der Waals surface area contributed by atoms with Crippen molar-refractivity contribution in [3.8, 4) is 0 Å². The second-order valence-electron chi connectivity index (χ2n) is 5.11. The highest BCUT2D eigenvalue weighted by molar-refractivity contribution is 6.21. The van der Waals surface area contributed by atoms with Crippen molar-refractivity contribution in [2.24, 2.45) is 0 Å². The average Bonchev–Trinajstić information content (AvgIpc) is 2.68. The molecular weight excluding hydrogens is 274 g/mol. The van der Waals surface area contributed by atoms with Gasteiger partial charge in [0.15, 0.2) is 5.60 Å². The van der Waals surface area contributed by atoms with Crippen molar-refractivity contribution in [1.82, 2.24) is 5.06 Å². The zero-order chi connectivity index (χ0) is 15.0. The van der Waals surface area contributed by atoms with E-state index in [1.165, 1.54) is 12.1 Å². The fourth-order valence-electron chi connectivity index (χ4n) is 2.60. The van der Waals surface area contributed by atoms with Crippen LogP contribution in [0.5, 0.6) is 0 Å². The number of nitrogens with zero attached hydrogens (tertiary/aromatic N) is 1. The fourth-order valence-corrected chi connectivity index (χ4v) is 2.60. The SMILES string of the molecule is CCOC1(C(=O)ON2C(=O)c3ccccc3C2=O)CCC1. The van der Waals surface area contributed by atoms with Crippen molar-refractivity contribution in [1.29, 1.82) is 0 Å². The fraction of sp³-hybridized carbons (Fsp3) is 0.400. The smallest absolute Gasteiger partial charge is 0.363 e. The number of carbonyl (C=O) groups excluding carboxylic acids is 3.